The molecule has 2 heterocycles. The average molecular weight is 441 g/mol. The third-order valence-electron chi connectivity index (χ3n) is 6.46. The Morgan fingerprint density at radius 1 is 0.818 bits per heavy atom. The lowest BCUT2D eigenvalue weighted by molar-refractivity contribution is 0.148. The summed E-state index contributed by atoms with van der Waals surface area (Å²) in [7, 11) is 2.15. The molecular weight excluding hydrogens is 411 g/mol. The standard InChI is InChI=1S/C28H29FN4/c1-21-7-9-22(10-8-21)23-11-13-25(14-12-23)33-28(26-5-3-4-6-27(26)29)24(19-30-33)20-32-17-15-31(2)16-18-32/h3-14,19H,15-18,20H2,1-2H3. The third-order valence-corrected chi connectivity index (χ3v) is 6.46. The summed E-state index contributed by atoms with van der Waals surface area (Å²) >= 11 is 0. The summed E-state index contributed by atoms with van der Waals surface area (Å²) in [5.41, 5.74) is 6.96. The second-order valence-corrected chi connectivity index (χ2v) is 8.90. The number of halogens is 1. The SMILES string of the molecule is Cc1ccc(-c2ccc(-n3ncc(CN4CCN(C)CC4)c3-c3ccccc3F)cc2)cc1. The highest BCUT2D eigenvalue weighted by atomic mass is 19.1. The quantitative estimate of drug-likeness (QED) is 0.415. The van der Waals surface area contributed by atoms with Crippen LogP contribution in [-0.2, 0) is 6.54 Å². The predicted octanol–water partition coefficient (Wildman–Crippen LogP) is 5.40. The largest absolute Gasteiger partial charge is 0.304 e. The summed E-state index contributed by atoms with van der Waals surface area (Å²) in [6.07, 6.45) is 1.90. The minimum absolute atomic E-state index is 0.227. The van der Waals surface area contributed by atoms with Gasteiger partial charge < -0.3 is 4.90 Å². The maximum Gasteiger partial charge on any atom is 0.132 e. The van der Waals surface area contributed by atoms with Gasteiger partial charge in [0.1, 0.15) is 5.82 Å². The zero-order chi connectivity index (χ0) is 22.8. The van der Waals surface area contributed by atoms with Crippen LogP contribution in [0.3, 0.4) is 0 Å². The Labute approximate surface area is 194 Å². The molecule has 0 amide bonds. The van der Waals surface area contributed by atoms with E-state index in [1.165, 1.54) is 17.2 Å². The molecule has 0 bridgehead atoms. The van der Waals surface area contributed by atoms with Crippen LogP contribution in [0.5, 0.6) is 0 Å². The lowest BCUT2D eigenvalue weighted by Gasteiger charge is -2.32. The molecule has 1 aliphatic heterocycles. The molecule has 0 unspecified atom stereocenters. The number of hydrogen-bond donors (Lipinski definition) is 0. The Hall–Kier alpha value is -3.28. The first kappa shape index (κ1) is 21.6. The molecule has 0 radical (unpaired) electrons. The first-order chi connectivity index (χ1) is 16.1. The van der Waals surface area contributed by atoms with E-state index < -0.39 is 0 Å². The molecule has 0 aliphatic carbocycles. The normalized spacial score (nSPS) is 15.1. The maximum atomic E-state index is 14.9. The molecule has 33 heavy (non-hydrogen) atoms. The van der Waals surface area contributed by atoms with Crippen LogP contribution in [0.2, 0.25) is 0 Å². The van der Waals surface area contributed by atoms with Gasteiger partial charge in [0.15, 0.2) is 0 Å². The summed E-state index contributed by atoms with van der Waals surface area (Å²) in [5, 5.41) is 4.71. The molecule has 1 aromatic heterocycles. The summed E-state index contributed by atoms with van der Waals surface area (Å²) < 4.78 is 16.8. The second kappa shape index (κ2) is 9.30. The van der Waals surface area contributed by atoms with Crippen LogP contribution in [0.4, 0.5) is 4.39 Å². The fraction of sp³-hybridized carbons (Fsp3) is 0.250. The Morgan fingerprint density at radius 2 is 1.45 bits per heavy atom. The molecule has 5 heteroatoms. The van der Waals surface area contributed by atoms with Crippen molar-refractivity contribution in [3.05, 3.63) is 95.9 Å². The van der Waals surface area contributed by atoms with E-state index in [1.54, 1.807) is 6.07 Å². The number of aromatic nitrogens is 2. The van der Waals surface area contributed by atoms with Crippen molar-refractivity contribution >= 4 is 0 Å². The van der Waals surface area contributed by atoms with Gasteiger partial charge in [0, 0.05) is 43.9 Å². The highest BCUT2D eigenvalue weighted by Gasteiger charge is 2.21. The van der Waals surface area contributed by atoms with Gasteiger partial charge >= 0.3 is 0 Å². The van der Waals surface area contributed by atoms with Crippen LogP contribution < -0.4 is 0 Å². The first-order valence-electron chi connectivity index (χ1n) is 11.5. The van der Waals surface area contributed by atoms with Crippen LogP contribution in [0, 0.1) is 12.7 Å². The molecule has 4 nitrogen and oxygen atoms in total. The van der Waals surface area contributed by atoms with Gasteiger partial charge in [0.2, 0.25) is 0 Å². The Kier molecular flexibility index (Phi) is 6.07. The Balaban J connectivity index is 1.51. The van der Waals surface area contributed by atoms with Crippen LogP contribution >= 0.6 is 0 Å². The van der Waals surface area contributed by atoms with E-state index in [-0.39, 0.29) is 5.82 Å². The monoisotopic (exact) mass is 440 g/mol. The minimum atomic E-state index is -0.227. The molecule has 0 N–H and O–H groups in total. The minimum Gasteiger partial charge on any atom is -0.304 e. The zero-order valence-electron chi connectivity index (χ0n) is 19.2. The fourth-order valence-electron chi connectivity index (χ4n) is 4.42. The van der Waals surface area contributed by atoms with Crippen molar-refractivity contribution in [1.82, 2.24) is 19.6 Å². The Bertz CT molecular complexity index is 1220. The first-order valence-corrected chi connectivity index (χ1v) is 11.5. The lowest BCUT2D eigenvalue weighted by Crippen LogP contribution is -2.43. The van der Waals surface area contributed by atoms with Crippen LogP contribution in [0.15, 0.2) is 79.0 Å². The summed E-state index contributed by atoms with van der Waals surface area (Å²) in [6.45, 7) is 6.95. The number of likely N-dealkylation sites (N-methyl/N-ethyl adjacent to an activating group) is 1. The van der Waals surface area contributed by atoms with Gasteiger partial charge in [-0.2, -0.15) is 5.10 Å². The molecule has 168 valence electrons. The van der Waals surface area contributed by atoms with Crippen molar-refractivity contribution < 1.29 is 4.39 Å². The maximum absolute atomic E-state index is 14.9. The van der Waals surface area contributed by atoms with E-state index in [0.717, 1.165) is 55.2 Å². The molecule has 1 fully saturated rings. The molecule has 5 rings (SSSR count). The highest BCUT2D eigenvalue weighted by molar-refractivity contribution is 5.68. The van der Waals surface area contributed by atoms with Gasteiger partial charge in [0.25, 0.3) is 0 Å². The van der Waals surface area contributed by atoms with Crippen molar-refractivity contribution in [1.29, 1.82) is 0 Å². The van der Waals surface area contributed by atoms with Gasteiger partial charge in [-0.15, -0.1) is 0 Å². The molecule has 1 aliphatic rings. The second-order valence-electron chi connectivity index (χ2n) is 8.90. The van der Waals surface area contributed by atoms with Crippen LogP contribution in [-0.4, -0.2) is 52.8 Å². The van der Waals surface area contributed by atoms with Crippen molar-refractivity contribution in [2.45, 2.75) is 13.5 Å². The van der Waals surface area contributed by atoms with Gasteiger partial charge in [-0.05, 0) is 49.4 Å². The van der Waals surface area contributed by atoms with Gasteiger partial charge in [-0.3, -0.25) is 4.90 Å². The third kappa shape index (κ3) is 4.61. The molecule has 0 spiro atoms. The number of aryl methyl sites for hydroxylation is 1. The van der Waals surface area contributed by atoms with Crippen molar-refractivity contribution in [2.24, 2.45) is 0 Å². The molecule has 0 saturated carbocycles. The smallest absolute Gasteiger partial charge is 0.132 e. The van der Waals surface area contributed by atoms with Gasteiger partial charge in [0.05, 0.1) is 17.6 Å². The van der Waals surface area contributed by atoms with E-state index in [1.807, 2.05) is 23.0 Å². The molecule has 3 aromatic carbocycles. The summed E-state index contributed by atoms with van der Waals surface area (Å²) in [4.78, 5) is 4.76. The molecule has 4 aromatic rings. The fourth-order valence-corrected chi connectivity index (χ4v) is 4.42. The lowest BCUT2D eigenvalue weighted by atomic mass is 10.0. The van der Waals surface area contributed by atoms with Crippen molar-refractivity contribution in [2.75, 3.05) is 33.2 Å². The number of rotatable bonds is 5. The molecule has 1 saturated heterocycles. The van der Waals surface area contributed by atoms with Crippen LogP contribution in [0.25, 0.3) is 28.1 Å². The number of benzene rings is 3. The highest BCUT2D eigenvalue weighted by Crippen LogP contribution is 2.31. The number of nitrogens with zero attached hydrogens (tertiary/aromatic N) is 4. The van der Waals surface area contributed by atoms with Gasteiger partial charge in [-0.25, -0.2) is 9.07 Å². The van der Waals surface area contributed by atoms with Crippen molar-refractivity contribution in [3.63, 3.8) is 0 Å². The summed E-state index contributed by atoms with van der Waals surface area (Å²) in [6, 6.07) is 23.8. The van der Waals surface area contributed by atoms with E-state index in [2.05, 4.69) is 72.3 Å². The topological polar surface area (TPSA) is 24.3 Å². The molecular formula is C28H29FN4. The van der Waals surface area contributed by atoms with E-state index in [0.29, 0.717) is 5.56 Å². The summed E-state index contributed by atoms with van der Waals surface area (Å²) in [5.74, 6) is -0.227. The number of piperazine rings is 1. The Morgan fingerprint density at radius 3 is 2.12 bits per heavy atom. The average Bonchev–Trinajstić information content (AvgIpc) is 3.25. The predicted molar refractivity (Wildman–Crippen MR) is 132 cm³/mol. The van der Waals surface area contributed by atoms with Gasteiger partial charge in [-0.1, -0.05) is 54.1 Å². The van der Waals surface area contributed by atoms with E-state index >= 15 is 0 Å². The number of hydrogen-bond acceptors (Lipinski definition) is 3. The zero-order valence-corrected chi connectivity index (χ0v) is 19.2. The van der Waals surface area contributed by atoms with E-state index in [9.17, 15) is 4.39 Å². The van der Waals surface area contributed by atoms with Crippen LogP contribution in [0.1, 0.15) is 11.1 Å². The molecule has 0 atom stereocenters. The van der Waals surface area contributed by atoms with E-state index in [4.69, 9.17) is 5.10 Å². The van der Waals surface area contributed by atoms with Crippen molar-refractivity contribution in [3.8, 4) is 28.1 Å².